The molecule has 1 aliphatic heterocycles. The summed E-state index contributed by atoms with van der Waals surface area (Å²) in [4.78, 5) is 16.5. The number of hydrogen-bond acceptors (Lipinski definition) is 3. The highest BCUT2D eigenvalue weighted by molar-refractivity contribution is 9.10. The lowest BCUT2D eigenvalue weighted by Gasteiger charge is -2.35. The van der Waals surface area contributed by atoms with Crippen molar-refractivity contribution in [1.82, 2.24) is 10.3 Å². The molecule has 1 aromatic rings. The Morgan fingerprint density at radius 2 is 2.50 bits per heavy atom. The molecule has 1 unspecified atom stereocenters. The molecule has 1 aliphatic rings. The number of hydrogen-bond donors (Lipinski definition) is 2. The number of anilines is 1. The number of nitrogens with zero attached hydrogens (tertiary/aromatic N) is 1. The Hall–Kier alpha value is -0.940. The zero-order chi connectivity index (χ0) is 13.0. The SMILES string of the molecule is CCC1(C(=O)Nc2ccncc2Br)CCCNC1. The van der Waals surface area contributed by atoms with Gasteiger partial charge in [0.15, 0.2) is 0 Å². The average Bonchev–Trinajstić information content (AvgIpc) is 2.42. The molecule has 0 aromatic carbocycles. The van der Waals surface area contributed by atoms with Crippen LogP contribution in [-0.2, 0) is 4.79 Å². The average molecular weight is 312 g/mol. The largest absolute Gasteiger partial charge is 0.324 e. The van der Waals surface area contributed by atoms with Crippen LogP contribution in [0.5, 0.6) is 0 Å². The zero-order valence-corrected chi connectivity index (χ0v) is 12.1. The fourth-order valence-electron chi connectivity index (χ4n) is 2.36. The third kappa shape index (κ3) is 2.72. The van der Waals surface area contributed by atoms with E-state index in [4.69, 9.17) is 0 Å². The molecule has 1 amide bonds. The lowest BCUT2D eigenvalue weighted by atomic mass is 9.77. The maximum Gasteiger partial charge on any atom is 0.231 e. The molecule has 0 saturated carbocycles. The monoisotopic (exact) mass is 311 g/mol. The Labute approximate surface area is 116 Å². The molecular weight excluding hydrogens is 294 g/mol. The van der Waals surface area contributed by atoms with E-state index in [1.165, 1.54) is 0 Å². The van der Waals surface area contributed by atoms with E-state index in [1.807, 2.05) is 6.07 Å². The smallest absolute Gasteiger partial charge is 0.231 e. The second-order valence-electron chi connectivity index (χ2n) is 4.72. The molecule has 1 aromatic heterocycles. The van der Waals surface area contributed by atoms with Crippen molar-refractivity contribution in [2.75, 3.05) is 18.4 Å². The van der Waals surface area contributed by atoms with Gasteiger partial charge in [-0.25, -0.2) is 0 Å². The lowest BCUT2D eigenvalue weighted by molar-refractivity contribution is -0.126. The van der Waals surface area contributed by atoms with E-state index in [9.17, 15) is 4.79 Å². The molecule has 2 heterocycles. The van der Waals surface area contributed by atoms with Gasteiger partial charge in [-0.1, -0.05) is 6.92 Å². The van der Waals surface area contributed by atoms with Gasteiger partial charge in [0.05, 0.1) is 15.6 Å². The van der Waals surface area contributed by atoms with Gasteiger partial charge in [-0.2, -0.15) is 0 Å². The molecule has 4 nitrogen and oxygen atoms in total. The number of rotatable bonds is 3. The van der Waals surface area contributed by atoms with Gasteiger partial charge in [0, 0.05) is 18.9 Å². The van der Waals surface area contributed by atoms with Crippen molar-refractivity contribution in [3.63, 3.8) is 0 Å². The number of amides is 1. The van der Waals surface area contributed by atoms with Crippen LogP contribution in [0.4, 0.5) is 5.69 Å². The van der Waals surface area contributed by atoms with Crippen molar-refractivity contribution in [3.05, 3.63) is 22.9 Å². The molecule has 5 heteroatoms. The van der Waals surface area contributed by atoms with E-state index in [0.717, 1.165) is 42.5 Å². The second kappa shape index (κ2) is 5.80. The van der Waals surface area contributed by atoms with Crippen LogP contribution >= 0.6 is 15.9 Å². The van der Waals surface area contributed by atoms with Crippen LogP contribution in [-0.4, -0.2) is 24.0 Å². The molecule has 0 spiro atoms. The van der Waals surface area contributed by atoms with E-state index in [1.54, 1.807) is 12.4 Å². The summed E-state index contributed by atoms with van der Waals surface area (Å²) in [5.41, 5.74) is 0.509. The minimum atomic E-state index is -0.277. The summed E-state index contributed by atoms with van der Waals surface area (Å²) in [5.74, 6) is 0.101. The number of piperidine rings is 1. The van der Waals surface area contributed by atoms with E-state index in [2.05, 4.69) is 38.5 Å². The summed E-state index contributed by atoms with van der Waals surface area (Å²) in [7, 11) is 0. The van der Waals surface area contributed by atoms with Crippen LogP contribution in [0.25, 0.3) is 0 Å². The van der Waals surface area contributed by atoms with E-state index in [-0.39, 0.29) is 11.3 Å². The highest BCUT2D eigenvalue weighted by atomic mass is 79.9. The van der Waals surface area contributed by atoms with Crippen molar-refractivity contribution >= 4 is 27.5 Å². The normalized spacial score (nSPS) is 23.7. The van der Waals surface area contributed by atoms with E-state index in [0.29, 0.717) is 0 Å². The molecule has 1 saturated heterocycles. The Morgan fingerprint density at radius 1 is 1.67 bits per heavy atom. The van der Waals surface area contributed by atoms with Crippen LogP contribution in [0.3, 0.4) is 0 Å². The summed E-state index contributed by atoms with van der Waals surface area (Å²) < 4.78 is 0.813. The van der Waals surface area contributed by atoms with Gasteiger partial charge < -0.3 is 10.6 Å². The summed E-state index contributed by atoms with van der Waals surface area (Å²) in [6.45, 7) is 3.85. The number of aromatic nitrogens is 1. The standard InChI is InChI=1S/C13H18BrN3O/c1-2-13(5-3-6-16-9-13)12(18)17-11-4-7-15-8-10(11)14/h4,7-8,16H,2-3,5-6,9H2,1H3,(H,15,17,18). The predicted molar refractivity (Wildman–Crippen MR) is 75.4 cm³/mol. The van der Waals surface area contributed by atoms with Crippen molar-refractivity contribution in [3.8, 4) is 0 Å². The third-order valence-electron chi connectivity index (χ3n) is 3.65. The van der Waals surface area contributed by atoms with Crippen molar-refractivity contribution in [2.24, 2.45) is 5.41 Å². The van der Waals surface area contributed by atoms with Crippen molar-refractivity contribution in [2.45, 2.75) is 26.2 Å². The quantitative estimate of drug-likeness (QED) is 0.902. The minimum Gasteiger partial charge on any atom is -0.324 e. The predicted octanol–water partition coefficient (Wildman–Crippen LogP) is 2.56. The van der Waals surface area contributed by atoms with E-state index >= 15 is 0 Å². The van der Waals surface area contributed by atoms with Crippen LogP contribution < -0.4 is 10.6 Å². The molecule has 0 radical (unpaired) electrons. The second-order valence-corrected chi connectivity index (χ2v) is 5.58. The zero-order valence-electron chi connectivity index (χ0n) is 10.5. The molecule has 98 valence electrons. The fraction of sp³-hybridized carbons (Fsp3) is 0.538. The number of carbonyl (C=O) groups is 1. The van der Waals surface area contributed by atoms with Gasteiger partial charge in [0.25, 0.3) is 0 Å². The molecule has 1 atom stereocenters. The maximum absolute atomic E-state index is 12.5. The first-order valence-corrected chi connectivity index (χ1v) is 7.09. The summed E-state index contributed by atoms with van der Waals surface area (Å²) in [6, 6.07) is 1.81. The van der Waals surface area contributed by atoms with E-state index < -0.39 is 0 Å². The summed E-state index contributed by atoms with van der Waals surface area (Å²) in [5, 5.41) is 6.33. The topological polar surface area (TPSA) is 54.0 Å². The number of halogens is 1. The molecule has 0 bridgehead atoms. The Morgan fingerprint density at radius 3 is 3.11 bits per heavy atom. The number of pyridine rings is 1. The van der Waals surface area contributed by atoms with Crippen molar-refractivity contribution < 1.29 is 4.79 Å². The van der Waals surface area contributed by atoms with Crippen LogP contribution in [0.1, 0.15) is 26.2 Å². The molecule has 18 heavy (non-hydrogen) atoms. The minimum absolute atomic E-state index is 0.101. The Bertz CT molecular complexity index is 430. The van der Waals surface area contributed by atoms with Gasteiger partial charge >= 0.3 is 0 Å². The Kier molecular flexibility index (Phi) is 4.35. The molecular formula is C13H18BrN3O. The van der Waals surface area contributed by atoms with Gasteiger partial charge in [-0.15, -0.1) is 0 Å². The highest BCUT2D eigenvalue weighted by Gasteiger charge is 2.37. The van der Waals surface area contributed by atoms with Gasteiger partial charge in [0.2, 0.25) is 5.91 Å². The highest BCUT2D eigenvalue weighted by Crippen LogP contribution is 2.32. The Balaban J connectivity index is 2.13. The van der Waals surface area contributed by atoms with Crippen LogP contribution in [0.2, 0.25) is 0 Å². The van der Waals surface area contributed by atoms with Crippen LogP contribution in [0, 0.1) is 5.41 Å². The lowest BCUT2D eigenvalue weighted by Crippen LogP contribution is -2.47. The van der Waals surface area contributed by atoms with Gasteiger partial charge in [-0.05, 0) is 47.8 Å². The van der Waals surface area contributed by atoms with Gasteiger partial charge in [-0.3, -0.25) is 9.78 Å². The first-order valence-electron chi connectivity index (χ1n) is 6.30. The fourth-order valence-corrected chi connectivity index (χ4v) is 2.70. The molecule has 0 aliphatic carbocycles. The molecule has 2 N–H and O–H groups in total. The third-order valence-corrected chi connectivity index (χ3v) is 4.28. The van der Waals surface area contributed by atoms with Crippen molar-refractivity contribution in [1.29, 1.82) is 0 Å². The van der Waals surface area contributed by atoms with Crippen LogP contribution in [0.15, 0.2) is 22.9 Å². The maximum atomic E-state index is 12.5. The summed E-state index contributed by atoms with van der Waals surface area (Å²) >= 11 is 3.40. The van der Waals surface area contributed by atoms with Gasteiger partial charge in [0.1, 0.15) is 0 Å². The summed E-state index contributed by atoms with van der Waals surface area (Å²) in [6.07, 6.45) is 6.23. The first kappa shape index (κ1) is 13.5. The molecule has 2 rings (SSSR count). The number of nitrogens with one attached hydrogen (secondary N) is 2. The first-order chi connectivity index (χ1) is 8.68. The number of carbonyl (C=O) groups excluding carboxylic acids is 1. The molecule has 1 fully saturated rings.